The van der Waals surface area contributed by atoms with Crippen molar-refractivity contribution in [3.63, 3.8) is 0 Å². The van der Waals surface area contributed by atoms with Gasteiger partial charge in [-0.15, -0.1) is 11.3 Å². The third-order valence-electron chi connectivity index (χ3n) is 7.91. The molecule has 2 fully saturated rings. The van der Waals surface area contributed by atoms with Crippen molar-refractivity contribution in [3.8, 4) is 16.9 Å². The Morgan fingerprint density at radius 3 is 2.67 bits per heavy atom. The summed E-state index contributed by atoms with van der Waals surface area (Å²) in [7, 11) is 2.11. The number of likely N-dealkylation sites (tertiary alicyclic amines) is 1. The molecule has 12 heteroatoms. The van der Waals surface area contributed by atoms with E-state index in [1.807, 2.05) is 48.8 Å². The minimum Gasteiger partial charge on any atom is -0.439 e. The van der Waals surface area contributed by atoms with E-state index in [1.165, 1.54) is 11.3 Å². The Morgan fingerprint density at radius 2 is 1.90 bits per heavy atom. The maximum absolute atomic E-state index is 12.9. The van der Waals surface area contributed by atoms with Crippen LogP contribution in [0.4, 0.5) is 17.5 Å². The van der Waals surface area contributed by atoms with Gasteiger partial charge in [-0.05, 0) is 31.7 Å². The minimum absolute atomic E-state index is 0.00409. The highest BCUT2D eigenvalue weighted by molar-refractivity contribution is 7.17. The third-order valence-corrected chi connectivity index (χ3v) is 8.88. The van der Waals surface area contributed by atoms with E-state index in [4.69, 9.17) is 4.42 Å². The molecule has 0 atom stereocenters. The van der Waals surface area contributed by atoms with Crippen LogP contribution in [0, 0.1) is 6.92 Å². The molecule has 0 radical (unpaired) electrons. The molecule has 5 aromatic rings. The first kappa shape index (κ1) is 26.8. The van der Waals surface area contributed by atoms with Crippen molar-refractivity contribution in [2.75, 3.05) is 56.5 Å². The van der Waals surface area contributed by atoms with Crippen molar-refractivity contribution in [2.45, 2.75) is 19.6 Å². The Bertz CT molecular complexity index is 1780. The number of nitrogens with one attached hydrogen (secondary N) is 1. The quantitative estimate of drug-likeness (QED) is 0.295. The molecule has 0 amide bonds. The highest BCUT2D eigenvalue weighted by Gasteiger charge is 2.25. The van der Waals surface area contributed by atoms with Gasteiger partial charge in [0.1, 0.15) is 4.70 Å². The molecule has 2 N–H and O–H groups in total. The van der Waals surface area contributed by atoms with E-state index in [0.717, 1.165) is 60.8 Å². The van der Waals surface area contributed by atoms with Crippen LogP contribution in [-0.4, -0.2) is 87.1 Å². The zero-order valence-electron chi connectivity index (χ0n) is 23.5. The van der Waals surface area contributed by atoms with Gasteiger partial charge < -0.3 is 24.6 Å². The predicted molar refractivity (Wildman–Crippen MR) is 164 cm³/mol. The number of aliphatic hydroxyl groups excluding tert-OH is 1. The Labute approximate surface area is 246 Å². The molecule has 1 aromatic carbocycles. The van der Waals surface area contributed by atoms with E-state index in [9.17, 15) is 9.90 Å². The largest absolute Gasteiger partial charge is 0.439 e. The second-order valence-corrected chi connectivity index (χ2v) is 11.9. The molecule has 0 aliphatic carbocycles. The number of likely N-dealkylation sites (N-methyl/N-ethyl adjacent to an activating group) is 1. The number of thiophene rings is 1. The highest BCUT2D eigenvalue weighted by Crippen LogP contribution is 2.35. The smallest absolute Gasteiger partial charge is 0.229 e. The van der Waals surface area contributed by atoms with Gasteiger partial charge in [0.15, 0.2) is 17.3 Å². The number of hydrogen-bond donors (Lipinski definition) is 2. The van der Waals surface area contributed by atoms with E-state index in [1.54, 1.807) is 16.9 Å². The van der Waals surface area contributed by atoms with Gasteiger partial charge in [-0.25, -0.2) is 9.67 Å². The maximum atomic E-state index is 12.9. The fourth-order valence-corrected chi connectivity index (χ4v) is 6.30. The number of piperazine rings is 1. The summed E-state index contributed by atoms with van der Waals surface area (Å²) in [5.41, 5.74) is 5.39. The molecule has 6 heterocycles. The summed E-state index contributed by atoms with van der Waals surface area (Å²) in [6, 6.07) is 11.4. The topological polar surface area (TPSA) is 116 Å². The lowest BCUT2D eigenvalue weighted by Crippen LogP contribution is -2.49. The van der Waals surface area contributed by atoms with Gasteiger partial charge >= 0.3 is 0 Å². The van der Waals surface area contributed by atoms with Crippen LogP contribution < -0.4 is 15.6 Å². The van der Waals surface area contributed by atoms with Crippen molar-refractivity contribution in [1.82, 2.24) is 29.5 Å². The lowest BCUT2D eigenvalue weighted by Gasteiger charge is -2.35. The monoisotopic (exact) mass is 584 g/mol. The summed E-state index contributed by atoms with van der Waals surface area (Å²) in [6.45, 7) is 7.67. The second kappa shape index (κ2) is 11.0. The molecule has 11 nitrogen and oxygen atoms in total. The molecule has 2 saturated heterocycles. The number of benzene rings is 1. The van der Waals surface area contributed by atoms with Crippen LogP contribution in [0.5, 0.6) is 0 Å². The standard InChI is InChI=1S/C30H32N8O3S/c1-19-21(14-36-16-23(39)17-36)15-38(34-19)26-7-8-31-30(33-26)32-22-5-3-20(4-6-22)24-18-42-29-25(40)13-27(41-28(24)29)37-11-9-35(2)10-12-37/h3-8,13,15,18,23,39H,9-12,14,16-17H2,1-2H3,(H,31,32,33). The van der Waals surface area contributed by atoms with Gasteiger partial charge in [0, 0.05) is 92.5 Å². The molecule has 2 aliphatic rings. The van der Waals surface area contributed by atoms with Crippen LogP contribution in [0.1, 0.15) is 11.3 Å². The molecule has 216 valence electrons. The minimum atomic E-state index is -0.227. The zero-order chi connectivity index (χ0) is 28.8. The molecule has 4 aromatic heterocycles. The molecular formula is C30H32N8O3S. The Balaban J connectivity index is 1.08. The number of fused-ring (bicyclic) bond motifs is 1. The van der Waals surface area contributed by atoms with Crippen molar-refractivity contribution in [3.05, 3.63) is 75.7 Å². The van der Waals surface area contributed by atoms with Crippen LogP contribution in [-0.2, 0) is 6.54 Å². The van der Waals surface area contributed by atoms with E-state index in [2.05, 4.69) is 42.1 Å². The first-order valence-electron chi connectivity index (χ1n) is 14.0. The van der Waals surface area contributed by atoms with Gasteiger partial charge in [0.05, 0.1) is 11.8 Å². The van der Waals surface area contributed by atoms with E-state index in [0.29, 0.717) is 41.0 Å². The number of aromatic nitrogens is 4. The van der Waals surface area contributed by atoms with E-state index >= 15 is 0 Å². The van der Waals surface area contributed by atoms with E-state index in [-0.39, 0.29) is 11.5 Å². The Hall–Kier alpha value is -4.10. The summed E-state index contributed by atoms with van der Waals surface area (Å²) < 4.78 is 8.73. The van der Waals surface area contributed by atoms with Gasteiger partial charge in [-0.3, -0.25) is 9.69 Å². The molecular weight excluding hydrogens is 552 g/mol. The fourth-order valence-electron chi connectivity index (χ4n) is 5.39. The molecule has 0 unspecified atom stereocenters. The Kier molecular flexibility index (Phi) is 6.98. The molecule has 0 bridgehead atoms. The SMILES string of the molecule is Cc1nn(-c2ccnc(Nc3ccc(-c4csc5c(=O)cc(N6CCN(C)CC6)oc45)cc3)n2)cc1CN1CC(O)C1. The maximum Gasteiger partial charge on any atom is 0.229 e. The first-order chi connectivity index (χ1) is 20.4. The average Bonchev–Trinajstić information content (AvgIpc) is 3.57. The highest BCUT2D eigenvalue weighted by atomic mass is 32.1. The summed E-state index contributed by atoms with van der Waals surface area (Å²) in [6.07, 6.45) is 3.47. The second-order valence-electron chi connectivity index (χ2n) is 11.0. The summed E-state index contributed by atoms with van der Waals surface area (Å²) in [5.74, 6) is 1.76. The number of aryl methyl sites for hydroxylation is 1. The number of nitrogens with zero attached hydrogens (tertiary/aromatic N) is 7. The van der Waals surface area contributed by atoms with Crippen LogP contribution in [0.15, 0.2) is 63.4 Å². The van der Waals surface area contributed by atoms with E-state index < -0.39 is 0 Å². The molecule has 7 rings (SSSR count). The van der Waals surface area contributed by atoms with Crippen LogP contribution in [0.3, 0.4) is 0 Å². The Morgan fingerprint density at radius 1 is 1.12 bits per heavy atom. The zero-order valence-corrected chi connectivity index (χ0v) is 24.3. The first-order valence-corrected chi connectivity index (χ1v) is 14.9. The lowest BCUT2D eigenvalue weighted by atomic mass is 10.1. The van der Waals surface area contributed by atoms with Crippen molar-refractivity contribution < 1.29 is 9.52 Å². The predicted octanol–water partition coefficient (Wildman–Crippen LogP) is 3.48. The van der Waals surface area contributed by atoms with Gasteiger partial charge in [0.25, 0.3) is 0 Å². The fraction of sp³-hybridized carbons (Fsp3) is 0.333. The molecule has 2 aliphatic heterocycles. The third kappa shape index (κ3) is 5.29. The van der Waals surface area contributed by atoms with Crippen LogP contribution >= 0.6 is 11.3 Å². The summed E-state index contributed by atoms with van der Waals surface area (Å²) in [4.78, 5) is 28.6. The molecule has 42 heavy (non-hydrogen) atoms. The molecule has 0 spiro atoms. The number of anilines is 3. The summed E-state index contributed by atoms with van der Waals surface area (Å²) in [5, 5.41) is 19.5. The van der Waals surface area contributed by atoms with Gasteiger partial charge in [-0.1, -0.05) is 12.1 Å². The number of aliphatic hydroxyl groups is 1. The number of β-amino-alcohol motifs (C(OH)–C–C–N with tert-alkyl or cyclic N) is 1. The average molecular weight is 585 g/mol. The normalized spacial score (nSPS) is 16.7. The van der Waals surface area contributed by atoms with Gasteiger partial charge in [0.2, 0.25) is 11.4 Å². The van der Waals surface area contributed by atoms with Gasteiger partial charge in [-0.2, -0.15) is 10.1 Å². The number of rotatable bonds is 7. The number of hydrogen-bond acceptors (Lipinski definition) is 11. The van der Waals surface area contributed by atoms with Crippen molar-refractivity contribution in [1.29, 1.82) is 0 Å². The lowest BCUT2D eigenvalue weighted by molar-refractivity contribution is -0.00297. The molecule has 0 saturated carbocycles. The van der Waals surface area contributed by atoms with Crippen LogP contribution in [0.25, 0.3) is 27.2 Å². The summed E-state index contributed by atoms with van der Waals surface area (Å²) >= 11 is 1.42. The van der Waals surface area contributed by atoms with Crippen molar-refractivity contribution >= 4 is 39.1 Å². The van der Waals surface area contributed by atoms with Crippen molar-refractivity contribution in [2.24, 2.45) is 0 Å². The van der Waals surface area contributed by atoms with Crippen LogP contribution in [0.2, 0.25) is 0 Å².